The first kappa shape index (κ1) is 18.2. The normalized spacial score (nSPS) is 15.8. The van der Waals surface area contributed by atoms with Crippen LogP contribution in [0.4, 0.5) is 10.2 Å². The fourth-order valence-corrected chi connectivity index (χ4v) is 3.49. The molecule has 0 amide bonds. The van der Waals surface area contributed by atoms with E-state index in [9.17, 15) is 4.39 Å². The molecule has 2 N–H and O–H groups in total. The first-order valence-corrected chi connectivity index (χ1v) is 9.52. The highest BCUT2D eigenvalue weighted by Gasteiger charge is 2.18. The highest BCUT2D eigenvalue weighted by molar-refractivity contribution is 5.80. The molecule has 28 heavy (non-hydrogen) atoms. The number of halogens is 1. The van der Waals surface area contributed by atoms with Gasteiger partial charge in [0.15, 0.2) is 11.8 Å². The van der Waals surface area contributed by atoms with E-state index in [0.717, 1.165) is 37.1 Å². The van der Waals surface area contributed by atoms with Crippen LogP contribution in [-0.4, -0.2) is 29.1 Å². The summed E-state index contributed by atoms with van der Waals surface area (Å²) < 4.78 is 20.1. The van der Waals surface area contributed by atoms with E-state index in [1.54, 1.807) is 18.2 Å². The molecule has 0 radical (unpaired) electrons. The molecule has 6 heteroatoms. The number of aromatic nitrogens is 1. The van der Waals surface area contributed by atoms with Crippen molar-refractivity contribution in [2.24, 2.45) is 10.7 Å². The molecule has 4 rings (SSSR count). The first-order chi connectivity index (χ1) is 13.6. The van der Waals surface area contributed by atoms with E-state index >= 15 is 0 Å². The zero-order valence-electron chi connectivity index (χ0n) is 15.8. The van der Waals surface area contributed by atoms with Gasteiger partial charge in [0.25, 0.3) is 0 Å². The predicted molar refractivity (Wildman–Crippen MR) is 108 cm³/mol. The van der Waals surface area contributed by atoms with Crippen molar-refractivity contribution in [1.29, 1.82) is 0 Å². The van der Waals surface area contributed by atoms with Gasteiger partial charge >= 0.3 is 0 Å². The minimum atomic E-state index is -0.258. The molecule has 1 atom stereocenters. The van der Waals surface area contributed by atoms with Crippen LogP contribution < -0.4 is 5.73 Å². The summed E-state index contributed by atoms with van der Waals surface area (Å²) in [6.45, 7) is 3.79. The van der Waals surface area contributed by atoms with Crippen LogP contribution in [0.5, 0.6) is 0 Å². The van der Waals surface area contributed by atoms with Crippen molar-refractivity contribution >= 4 is 11.8 Å². The van der Waals surface area contributed by atoms with E-state index in [1.165, 1.54) is 0 Å². The molecule has 1 saturated heterocycles. The Morgan fingerprint density at radius 3 is 2.61 bits per heavy atom. The Balaban J connectivity index is 1.53. The van der Waals surface area contributed by atoms with Crippen LogP contribution in [0.15, 0.2) is 64.1 Å². The number of guanidine groups is 1. The Bertz CT molecular complexity index is 977. The van der Waals surface area contributed by atoms with Gasteiger partial charge in [-0.05, 0) is 30.0 Å². The zero-order valence-corrected chi connectivity index (χ0v) is 15.8. The number of hydrogen-bond donors (Lipinski definition) is 1. The number of rotatable bonds is 4. The summed E-state index contributed by atoms with van der Waals surface area (Å²) in [4.78, 5) is 6.39. The van der Waals surface area contributed by atoms with Crippen LogP contribution in [0.1, 0.15) is 37.0 Å². The summed E-state index contributed by atoms with van der Waals surface area (Å²) in [7, 11) is 0. The maximum atomic E-state index is 14.7. The monoisotopic (exact) mass is 378 g/mol. The summed E-state index contributed by atoms with van der Waals surface area (Å²) in [5.41, 5.74) is 8.30. The van der Waals surface area contributed by atoms with E-state index in [0.29, 0.717) is 23.1 Å². The molecule has 0 bridgehead atoms. The molecular weight excluding hydrogens is 355 g/mol. The van der Waals surface area contributed by atoms with E-state index in [-0.39, 0.29) is 11.7 Å². The highest BCUT2D eigenvalue weighted by atomic mass is 19.1. The molecule has 1 aliphatic rings. The second kappa shape index (κ2) is 7.84. The van der Waals surface area contributed by atoms with Crippen LogP contribution in [-0.2, 0) is 0 Å². The maximum Gasteiger partial charge on any atom is 0.198 e. The number of nitrogens with two attached hydrogens (primary N) is 1. The van der Waals surface area contributed by atoms with Gasteiger partial charge < -0.3 is 15.2 Å². The minimum absolute atomic E-state index is 0.149. The average Bonchev–Trinajstić information content (AvgIpc) is 3.40. The lowest BCUT2D eigenvalue weighted by molar-refractivity contribution is 0.377. The van der Waals surface area contributed by atoms with Crippen molar-refractivity contribution in [3.05, 3.63) is 71.7 Å². The summed E-state index contributed by atoms with van der Waals surface area (Å²) in [6.07, 6.45) is 2.25. The molecule has 1 fully saturated rings. The summed E-state index contributed by atoms with van der Waals surface area (Å²) in [5, 5.41) is 4.00. The first-order valence-electron chi connectivity index (χ1n) is 9.52. The third-order valence-corrected chi connectivity index (χ3v) is 5.18. The SMILES string of the molecule is CC(c1ccc(-c2ccccc2)c(F)c1)c1cc(N=C(N)N2CCCC2)no1. The number of benzene rings is 2. The lowest BCUT2D eigenvalue weighted by atomic mass is 9.95. The molecule has 1 aliphatic heterocycles. The van der Waals surface area contributed by atoms with E-state index in [4.69, 9.17) is 10.3 Å². The Kier molecular flexibility index (Phi) is 5.10. The summed E-state index contributed by atoms with van der Waals surface area (Å²) in [5.74, 6) is 1.12. The molecule has 0 saturated carbocycles. The van der Waals surface area contributed by atoms with Crippen molar-refractivity contribution in [2.45, 2.75) is 25.7 Å². The van der Waals surface area contributed by atoms with E-state index in [2.05, 4.69) is 10.1 Å². The number of aliphatic imine (C=N–C) groups is 1. The fraction of sp³-hybridized carbons (Fsp3) is 0.273. The average molecular weight is 378 g/mol. The van der Waals surface area contributed by atoms with Crippen LogP contribution in [0, 0.1) is 5.82 Å². The van der Waals surface area contributed by atoms with Gasteiger partial charge in [-0.1, -0.05) is 54.5 Å². The minimum Gasteiger partial charge on any atom is -0.369 e. The van der Waals surface area contributed by atoms with E-state index < -0.39 is 0 Å². The molecule has 5 nitrogen and oxygen atoms in total. The molecule has 2 aromatic carbocycles. The van der Waals surface area contributed by atoms with Crippen LogP contribution >= 0.6 is 0 Å². The van der Waals surface area contributed by atoms with Crippen LogP contribution in [0.25, 0.3) is 11.1 Å². The zero-order chi connectivity index (χ0) is 19.5. The molecule has 0 spiro atoms. The molecule has 144 valence electrons. The van der Waals surface area contributed by atoms with Crippen molar-refractivity contribution in [2.75, 3.05) is 13.1 Å². The highest BCUT2D eigenvalue weighted by Crippen LogP contribution is 2.30. The van der Waals surface area contributed by atoms with Gasteiger partial charge in [0.2, 0.25) is 0 Å². The lowest BCUT2D eigenvalue weighted by Gasteiger charge is -2.14. The molecule has 3 aromatic rings. The van der Waals surface area contributed by atoms with Crippen molar-refractivity contribution < 1.29 is 8.91 Å². The largest absolute Gasteiger partial charge is 0.369 e. The second-order valence-corrected chi connectivity index (χ2v) is 7.08. The lowest BCUT2D eigenvalue weighted by Crippen LogP contribution is -2.34. The Labute approximate surface area is 163 Å². The third-order valence-electron chi connectivity index (χ3n) is 5.18. The Morgan fingerprint density at radius 1 is 1.14 bits per heavy atom. The van der Waals surface area contributed by atoms with Gasteiger partial charge in [-0.2, -0.15) is 4.99 Å². The third kappa shape index (κ3) is 3.76. The van der Waals surface area contributed by atoms with Crippen molar-refractivity contribution in [1.82, 2.24) is 10.1 Å². The standard InChI is InChI=1S/C22H23FN4O/c1-15(17-9-10-18(19(23)13-17)16-7-3-2-4-8-16)20-14-21(26-28-20)25-22(24)27-11-5-6-12-27/h2-4,7-10,13-15H,5-6,11-12H2,1H3,(H2,24,25,26). The van der Waals surface area contributed by atoms with Crippen LogP contribution in [0.2, 0.25) is 0 Å². The smallest absolute Gasteiger partial charge is 0.198 e. The molecule has 2 heterocycles. The molecular formula is C22H23FN4O. The Hall–Kier alpha value is -3.15. The van der Waals surface area contributed by atoms with Gasteiger partial charge in [0, 0.05) is 30.6 Å². The predicted octanol–water partition coefficient (Wildman–Crippen LogP) is 4.67. The topological polar surface area (TPSA) is 67.7 Å². The van der Waals surface area contributed by atoms with Crippen molar-refractivity contribution in [3.8, 4) is 11.1 Å². The number of nitrogens with zero attached hydrogens (tertiary/aromatic N) is 3. The number of likely N-dealkylation sites (tertiary alicyclic amines) is 1. The van der Waals surface area contributed by atoms with Gasteiger partial charge in [-0.15, -0.1) is 0 Å². The molecule has 1 unspecified atom stereocenters. The molecule has 1 aromatic heterocycles. The Morgan fingerprint density at radius 2 is 1.89 bits per heavy atom. The summed E-state index contributed by atoms with van der Waals surface area (Å²) >= 11 is 0. The van der Waals surface area contributed by atoms with E-state index in [1.807, 2.05) is 48.2 Å². The maximum absolute atomic E-state index is 14.7. The fourth-order valence-electron chi connectivity index (χ4n) is 3.49. The molecule has 0 aliphatic carbocycles. The van der Waals surface area contributed by atoms with Gasteiger partial charge in [0.1, 0.15) is 11.6 Å². The van der Waals surface area contributed by atoms with Gasteiger partial charge in [0.05, 0.1) is 0 Å². The number of hydrogen-bond acceptors (Lipinski definition) is 3. The van der Waals surface area contributed by atoms with Crippen molar-refractivity contribution in [3.63, 3.8) is 0 Å². The second-order valence-electron chi connectivity index (χ2n) is 7.08. The van der Waals surface area contributed by atoms with Gasteiger partial charge in [-0.25, -0.2) is 4.39 Å². The van der Waals surface area contributed by atoms with Gasteiger partial charge in [-0.3, -0.25) is 0 Å². The summed E-state index contributed by atoms with van der Waals surface area (Å²) in [6, 6.07) is 16.5. The van der Waals surface area contributed by atoms with Crippen LogP contribution in [0.3, 0.4) is 0 Å². The quantitative estimate of drug-likeness (QED) is 0.529.